The van der Waals surface area contributed by atoms with Gasteiger partial charge in [0, 0.05) is 5.92 Å². The maximum atomic E-state index is 9.77. The maximum absolute atomic E-state index is 9.77. The summed E-state index contributed by atoms with van der Waals surface area (Å²) in [6.07, 6.45) is 8.84. The highest BCUT2D eigenvalue weighted by atomic mass is 16.5. The van der Waals surface area contributed by atoms with E-state index in [0.717, 1.165) is 6.42 Å². The van der Waals surface area contributed by atoms with Crippen molar-refractivity contribution in [2.75, 3.05) is 6.61 Å². The molecular weight excluding hydrogens is 248 g/mol. The van der Waals surface area contributed by atoms with Gasteiger partial charge in [-0.15, -0.1) is 0 Å². The van der Waals surface area contributed by atoms with Gasteiger partial charge < -0.3 is 9.84 Å². The number of aliphatic hydroxyl groups is 1. The second-order valence-corrected chi connectivity index (χ2v) is 6.64. The summed E-state index contributed by atoms with van der Waals surface area (Å²) in [7, 11) is 0. The molecule has 0 amide bonds. The molecule has 1 aromatic rings. The zero-order chi connectivity index (χ0) is 14.0. The van der Waals surface area contributed by atoms with Crippen molar-refractivity contribution in [2.24, 2.45) is 0 Å². The van der Waals surface area contributed by atoms with E-state index in [1.807, 2.05) is 0 Å². The second kappa shape index (κ2) is 5.87. The van der Waals surface area contributed by atoms with Gasteiger partial charge in [-0.05, 0) is 50.2 Å². The van der Waals surface area contributed by atoms with Crippen LogP contribution in [-0.4, -0.2) is 23.4 Å². The smallest absolute Gasteiger partial charge is 0.0687 e. The molecule has 1 aliphatic carbocycles. The fourth-order valence-electron chi connectivity index (χ4n) is 4.11. The van der Waals surface area contributed by atoms with Crippen molar-refractivity contribution < 1.29 is 9.84 Å². The normalized spacial score (nSPS) is 26.2. The number of aliphatic hydroxyl groups excluding tert-OH is 1. The fourth-order valence-corrected chi connectivity index (χ4v) is 4.11. The summed E-state index contributed by atoms with van der Waals surface area (Å²) in [5, 5.41) is 9.77. The lowest BCUT2D eigenvalue weighted by Gasteiger charge is -2.26. The zero-order valence-corrected chi connectivity index (χ0v) is 12.5. The van der Waals surface area contributed by atoms with Gasteiger partial charge in [-0.25, -0.2) is 0 Å². The Morgan fingerprint density at radius 1 is 1.25 bits per heavy atom. The van der Waals surface area contributed by atoms with Crippen LogP contribution in [0.4, 0.5) is 0 Å². The molecule has 1 aliphatic heterocycles. The van der Waals surface area contributed by atoms with Crippen molar-refractivity contribution in [2.45, 2.75) is 69.5 Å². The summed E-state index contributed by atoms with van der Waals surface area (Å²) in [5.41, 5.74) is 2.77. The van der Waals surface area contributed by atoms with Crippen LogP contribution in [0.25, 0.3) is 0 Å². The minimum absolute atomic E-state index is 0.205. The largest absolute Gasteiger partial charge is 0.396 e. The Morgan fingerprint density at radius 3 is 2.70 bits per heavy atom. The van der Waals surface area contributed by atoms with Crippen molar-refractivity contribution in [3.05, 3.63) is 35.4 Å². The van der Waals surface area contributed by atoms with Gasteiger partial charge in [0.15, 0.2) is 0 Å². The topological polar surface area (TPSA) is 29.5 Å². The predicted octanol–water partition coefficient (Wildman–Crippen LogP) is 3.95. The molecule has 2 fully saturated rings. The molecule has 1 N–H and O–H groups in total. The standard InChI is InChI=1S/C18H26O2/c1-14-6-2-3-7-17(14)15(13-19)12-16-8-11-18(20-16)9-4-5-10-18/h2-3,6-7,15-16,19H,4-5,8-13H2,1H3. The van der Waals surface area contributed by atoms with Gasteiger partial charge in [-0.3, -0.25) is 0 Å². The summed E-state index contributed by atoms with van der Waals surface area (Å²) in [6, 6.07) is 8.41. The number of ether oxygens (including phenoxy) is 1. The van der Waals surface area contributed by atoms with Crippen molar-refractivity contribution >= 4 is 0 Å². The number of hydrogen-bond acceptors (Lipinski definition) is 2. The van der Waals surface area contributed by atoms with Crippen molar-refractivity contribution in [3.63, 3.8) is 0 Å². The van der Waals surface area contributed by atoms with Crippen LogP contribution in [0.2, 0.25) is 0 Å². The Bertz CT molecular complexity index is 448. The lowest BCUT2D eigenvalue weighted by molar-refractivity contribution is -0.0427. The van der Waals surface area contributed by atoms with E-state index in [2.05, 4.69) is 31.2 Å². The third-order valence-electron chi connectivity index (χ3n) is 5.25. The summed E-state index contributed by atoms with van der Waals surface area (Å²) in [4.78, 5) is 0. The first kappa shape index (κ1) is 14.1. The molecular formula is C18H26O2. The molecule has 0 aromatic heterocycles. The minimum Gasteiger partial charge on any atom is -0.396 e. The Kier molecular flexibility index (Phi) is 4.13. The molecule has 1 saturated heterocycles. The molecule has 0 bridgehead atoms. The lowest BCUT2D eigenvalue weighted by atomic mass is 9.89. The van der Waals surface area contributed by atoms with Crippen LogP contribution in [0.1, 0.15) is 62.0 Å². The Morgan fingerprint density at radius 2 is 2.00 bits per heavy atom. The van der Waals surface area contributed by atoms with Gasteiger partial charge in [-0.1, -0.05) is 37.1 Å². The van der Waals surface area contributed by atoms with Crippen LogP contribution >= 0.6 is 0 Å². The summed E-state index contributed by atoms with van der Waals surface area (Å²) in [5.74, 6) is 0.220. The quantitative estimate of drug-likeness (QED) is 0.900. The van der Waals surface area contributed by atoms with E-state index >= 15 is 0 Å². The molecule has 1 spiro atoms. The van der Waals surface area contributed by atoms with E-state index in [1.165, 1.54) is 49.7 Å². The summed E-state index contributed by atoms with van der Waals surface area (Å²) >= 11 is 0. The third-order valence-corrected chi connectivity index (χ3v) is 5.25. The van der Waals surface area contributed by atoms with Crippen molar-refractivity contribution in [1.29, 1.82) is 0 Å². The van der Waals surface area contributed by atoms with Crippen LogP contribution in [0.3, 0.4) is 0 Å². The zero-order valence-electron chi connectivity index (χ0n) is 12.5. The Hall–Kier alpha value is -0.860. The average molecular weight is 274 g/mol. The molecule has 2 heteroatoms. The molecule has 110 valence electrons. The summed E-state index contributed by atoms with van der Waals surface area (Å²) in [6.45, 7) is 2.35. The van der Waals surface area contributed by atoms with E-state index < -0.39 is 0 Å². The highest BCUT2D eigenvalue weighted by Crippen LogP contribution is 2.45. The van der Waals surface area contributed by atoms with E-state index in [-0.39, 0.29) is 18.1 Å². The van der Waals surface area contributed by atoms with Crippen LogP contribution in [0.15, 0.2) is 24.3 Å². The molecule has 1 heterocycles. The van der Waals surface area contributed by atoms with Crippen LogP contribution in [-0.2, 0) is 4.74 Å². The molecule has 2 unspecified atom stereocenters. The van der Waals surface area contributed by atoms with Gasteiger partial charge in [0.1, 0.15) is 0 Å². The molecule has 2 atom stereocenters. The van der Waals surface area contributed by atoms with E-state index in [1.54, 1.807) is 0 Å². The summed E-state index contributed by atoms with van der Waals surface area (Å²) < 4.78 is 6.39. The highest BCUT2D eigenvalue weighted by molar-refractivity contribution is 5.29. The fraction of sp³-hybridized carbons (Fsp3) is 0.667. The van der Waals surface area contributed by atoms with Gasteiger partial charge >= 0.3 is 0 Å². The van der Waals surface area contributed by atoms with Crippen LogP contribution in [0.5, 0.6) is 0 Å². The maximum Gasteiger partial charge on any atom is 0.0687 e. The Balaban J connectivity index is 1.66. The van der Waals surface area contributed by atoms with Gasteiger partial charge in [-0.2, -0.15) is 0 Å². The Labute approximate surface area is 122 Å². The number of aryl methyl sites for hydroxylation is 1. The van der Waals surface area contributed by atoms with Gasteiger partial charge in [0.05, 0.1) is 18.3 Å². The van der Waals surface area contributed by atoms with Crippen molar-refractivity contribution in [3.8, 4) is 0 Å². The number of rotatable bonds is 4. The van der Waals surface area contributed by atoms with Crippen LogP contribution in [0, 0.1) is 6.92 Å². The number of benzene rings is 1. The molecule has 2 aliphatic rings. The molecule has 1 aromatic carbocycles. The van der Waals surface area contributed by atoms with Crippen molar-refractivity contribution in [1.82, 2.24) is 0 Å². The van der Waals surface area contributed by atoms with E-state index in [0.29, 0.717) is 6.10 Å². The molecule has 1 saturated carbocycles. The van der Waals surface area contributed by atoms with Crippen LogP contribution < -0.4 is 0 Å². The first-order valence-electron chi connectivity index (χ1n) is 8.07. The van der Waals surface area contributed by atoms with Gasteiger partial charge in [0.2, 0.25) is 0 Å². The first-order chi connectivity index (χ1) is 9.72. The van der Waals surface area contributed by atoms with Gasteiger partial charge in [0.25, 0.3) is 0 Å². The molecule has 2 nitrogen and oxygen atoms in total. The SMILES string of the molecule is Cc1ccccc1C(CO)CC1CCC2(CCCC2)O1. The lowest BCUT2D eigenvalue weighted by Crippen LogP contribution is -2.26. The van der Waals surface area contributed by atoms with E-state index in [4.69, 9.17) is 4.74 Å². The average Bonchev–Trinajstić information content (AvgIpc) is 3.08. The second-order valence-electron chi connectivity index (χ2n) is 6.64. The predicted molar refractivity (Wildman–Crippen MR) is 80.9 cm³/mol. The first-order valence-corrected chi connectivity index (χ1v) is 8.07. The molecule has 20 heavy (non-hydrogen) atoms. The third kappa shape index (κ3) is 2.77. The molecule has 0 radical (unpaired) electrons. The monoisotopic (exact) mass is 274 g/mol. The molecule has 3 rings (SSSR count). The van der Waals surface area contributed by atoms with E-state index in [9.17, 15) is 5.11 Å². The minimum atomic E-state index is 0.205. The highest BCUT2D eigenvalue weighted by Gasteiger charge is 2.42. The number of hydrogen-bond donors (Lipinski definition) is 1.